The van der Waals surface area contributed by atoms with Crippen molar-refractivity contribution < 1.29 is 8.42 Å². The molecule has 1 aliphatic heterocycles. The third kappa shape index (κ3) is 3.80. The Labute approximate surface area is 91.6 Å². The first-order valence-corrected chi connectivity index (χ1v) is 7.33. The van der Waals surface area contributed by atoms with Crippen LogP contribution in [0.25, 0.3) is 0 Å². The molecule has 1 aliphatic rings. The van der Waals surface area contributed by atoms with Crippen molar-refractivity contribution in [3.63, 3.8) is 0 Å². The van der Waals surface area contributed by atoms with Crippen molar-refractivity contribution in [2.45, 2.75) is 43.4 Å². The van der Waals surface area contributed by atoms with Crippen molar-refractivity contribution in [2.75, 3.05) is 12.8 Å². The van der Waals surface area contributed by atoms with Gasteiger partial charge in [-0.2, -0.15) is 5.26 Å². The molecule has 0 bridgehead atoms. The number of hydrogen-bond donors (Lipinski definition) is 1. The Balaban J connectivity index is 2.70. The highest BCUT2D eigenvalue weighted by atomic mass is 32.2. The molecule has 0 radical (unpaired) electrons. The van der Waals surface area contributed by atoms with E-state index in [0.29, 0.717) is 0 Å². The van der Waals surface area contributed by atoms with Crippen molar-refractivity contribution in [3.8, 4) is 6.07 Å². The third-order valence-electron chi connectivity index (χ3n) is 2.80. The highest BCUT2D eigenvalue weighted by molar-refractivity contribution is 7.91. The van der Waals surface area contributed by atoms with Gasteiger partial charge in [0.15, 0.2) is 15.1 Å². The van der Waals surface area contributed by atoms with Gasteiger partial charge in [-0.1, -0.05) is 19.3 Å². The molecule has 0 spiro atoms. The lowest BCUT2D eigenvalue weighted by molar-refractivity contribution is 0.418. The Morgan fingerprint density at radius 2 is 2.00 bits per heavy atom. The molecule has 0 aromatic carbocycles. The van der Waals surface area contributed by atoms with Gasteiger partial charge in [-0.3, -0.25) is 0 Å². The molecule has 4 nitrogen and oxygen atoms in total. The van der Waals surface area contributed by atoms with Gasteiger partial charge in [-0.15, -0.1) is 0 Å². The molecule has 1 rings (SSSR count). The average Bonchev–Trinajstić information content (AvgIpc) is 2.07. The van der Waals surface area contributed by atoms with Gasteiger partial charge in [0.1, 0.15) is 0 Å². The van der Waals surface area contributed by atoms with E-state index < -0.39 is 15.1 Å². The quantitative estimate of drug-likeness (QED) is 0.763. The van der Waals surface area contributed by atoms with Crippen LogP contribution >= 0.6 is 0 Å². The molecule has 2 atom stereocenters. The number of nitrogens with zero attached hydrogens (tertiary/aromatic N) is 1. The normalized spacial score (nSPS) is 26.0. The maximum atomic E-state index is 11.4. The zero-order valence-electron chi connectivity index (χ0n) is 9.07. The summed E-state index contributed by atoms with van der Waals surface area (Å²) in [6.07, 6.45) is 6.33. The highest BCUT2D eigenvalue weighted by Crippen LogP contribution is 2.15. The van der Waals surface area contributed by atoms with Crippen molar-refractivity contribution in [3.05, 3.63) is 0 Å². The Hall–Kier alpha value is -0.600. The predicted octanol–water partition coefficient (Wildman–Crippen LogP) is 0.845. The van der Waals surface area contributed by atoms with E-state index in [4.69, 9.17) is 5.26 Å². The lowest BCUT2D eigenvalue weighted by atomic mass is 10.0. The van der Waals surface area contributed by atoms with E-state index in [1.165, 1.54) is 6.42 Å². The fourth-order valence-electron chi connectivity index (χ4n) is 1.97. The van der Waals surface area contributed by atoms with E-state index in [0.717, 1.165) is 38.5 Å². The standard InChI is InChI=1S/C10H18N2O2S/c1-15(13,14)10(8-11)9-6-4-2-3-5-7-12-9/h9-10,12H,2-7H2,1H3. The number of sulfone groups is 1. The molecular formula is C10H18N2O2S. The molecule has 15 heavy (non-hydrogen) atoms. The SMILES string of the molecule is CS(=O)(=O)C(C#N)C1CCCCCCN1. The summed E-state index contributed by atoms with van der Waals surface area (Å²) in [4.78, 5) is 0. The molecule has 0 aromatic rings. The van der Waals surface area contributed by atoms with Crippen LogP contribution in [0.4, 0.5) is 0 Å². The van der Waals surface area contributed by atoms with E-state index >= 15 is 0 Å². The Morgan fingerprint density at radius 1 is 1.33 bits per heavy atom. The minimum Gasteiger partial charge on any atom is -0.312 e. The topological polar surface area (TPSA) is 70.0 Å². The molecule has 1 fully saturated rings. The van der Waals surface area contributed by atoms with E-state index in [2.05, 4.69) is 5.32 Å². The molecule has 1 N–H and O–H groups in total. The fraction of sp³-hybridized carbons (Fsp3) is 0.900. The average molecular weight is 230 g/mol. The van der Waals surface area contributed by atoms with E-state index in [1.807, 2.05) is 6.07 Å². The number of hydrogen-bond acceptors (Lipinski definition) is 4. The van der Waals surface area contributed by atoms with Crippen LogP contribution in [0, 0.1) is 11.3 Å². The van der Waals surface area contributed by atoms with Crippen LogP contribution < -0.4 is 5.32 Å². The summed E-state index contributed by atoms with van der Waals surface area (Å²) in [5.41, 5.74) is 0. The zero-order valence-corrected chi connectivity index (χ0v) is 9.89. The van der Waals surface area contributed by atoms with E-state index in [-0.39, 0.29) is 6.04 Å². The van der Waals surface area contributed by atoms with E-state index in [9.17, 15) is 8.42 Å². The van der Waals surface area contributed by atoms with Crippen LogP contribution in [0.3, 0.4) is 0 Å². The first-order chi connectivity index (χ1) is 7.05. The molecule has 0 aliphatic carbocycles. The predicted molar refractivity (Wildman–Crippen MR) is 59.1 cm³/mol. The number of nitrogens with one attached hydrogen (secondary N) is 1. The van der Waals surface area contributed by atoms with E-state index in [1.54, 1.807) is 0 Å². The zero-order chi connectivity index (χ0) is 11.3. The van der Waals surface area contributed by atoms with Crippen molar-refractivity contribution in [1.82, 2.24) is 5.32 Å². The molecular weight excluding hydrogens is 212 g/mol. The van der Waals surface area contributed by atoms with Gasteiger partial charge in [-0.25, -0.2) is 8.42 Å². The molecule has 1 heterocycles. The minimum absolute atomic E-state index is 0.190. The Morgan fingerprint density at radius 3 is 2.60 bits per heavy atom. The van der Waals surface area contributed by atoms with Crippen molar-refractivity contribution in [1.29, 1.82) is 5.26 Å². The number of nitriles is 1. The molecule has 0 aromatic heterocycles. The van der Waals surface area contributed by atoms with Gasteiger partial charge in [-0.05, 0) is 19.4 Å². The first kappa shape index (κ1) is 12.5. The smallest absolute Gasteiger partial charge is 0.165 e. The van der Waals surface area contributed by atoms with Crippen LogP contribution in [-0.4, -0.2) is 32.5 Å². The van der Waals surface area contributed by atoms with Gasteiger partial charge < -0.3 is 5.32 Å². The molecule has 0 saturated carbocycles. The minimum atomic E-state index is -3.27. The lowest BCUT2D eigenvalue weighted by Crippen LogP contribution is -2.44. The maximum absolute atomic E-state index is 11.4. The van der Waals surface area contributed by atoms with Crippen LogP contribution in [0.15, 0.2) is 0 Å². The number of rotatable bonds is 2. The van der Waals surface area contributed by atoms with Crippen molar-refractivity contribution in [2.24, 2.45) is 0 Å². The molecule has 86 valence electrons. The van der Waals surface area contributed by atoms with Crippen LogP contribution in [-0.2, 0) is 9.84 Å². The van der Waals surface area contributed by atoms with Crippen LogP contribution in [0.5, 0.6) is 0 Å². The fourth-order valence-corrected chi connectivity index (χ4v) is 3.00. The maximum Gasteiger partial charge on any atom is 0.165 e. The third-order valence-corrected chi connectivity index (χ3v) is 4.16. The first-order valence-electron chi connectivity index (χ1n) is 5.37. The van der Waals surface area contributed by atoms with Gasteiger partial charge in [0.2, 0.25) is 0 Å². The van der Waals surface area contributed by atoms with Crippen molar-refractivity contribution >= 4 is 9.84 Å². The summed E-state index contributed by atoms with van der Waals surface area (Å²) in [7, 11) is -3.27. The summed E-state index contributed by atoms with van der Waals surface area (Å²) in [5, 5.41) is 11.2. The van der Waals surface area contributed by atoms with Gasteiger partial charge >= 0.3 is 0 Å². The summed E-state index contributed by atoms with van der Waals surface area (Å²) in [5.74, 6) is 0. The van der Waals surface area contributed by atoms with Crippen LogP contribution in [0.2, 0.25) is 0 Å². The van der Waals surface area contributed by atoms with Crippen LogP contribution in [0.1, 0.15) is 32.1 Å². The van der Waals surface area contributed by atoms with Gasteiger partial charge in [0, 0.05) is 12.3 Å². The Kier molecular flexibility index (Phi) is 4.55. The summed E-state index contributed by atoms with van der Waals surface area (Å²) < 4.78 is 22.8. The lowest BCUT2D eigenvalue weighted by Gasteiger charge is -2.24. The molecule has 5 heteroatoms. The summed E-state index contributed by atoms with van der Waals surface area (Å²) in [6, 6.07) is 1.72. The molecule has 0 amide bonds. The Bertz CT molecular complexity index is 324. The largest absolute Gasteiger partial charge is 0.312 e. The highest BCUT2D eigenvalue weighted by Gasteiger charge is 2.29. The van der Waals surface area contributed by atoms with Gasteiger partial charge in [0.05, 0.1) is 6.07 Å². The second-order valence-electron chi connectivity index (χ2n) is 4.14. The molecule has 2 unspecified atom stereocenters. The summed E-state index contributed by atoms with van der Waals surface area (Å²) in [6.45, 7) is 0.818. The monoisotopic (exact) mass is 230 g/mol. The van der Waals surface area contributed by atoms with Gasteiger partial charge in [0.25, 0.3) is 0 Å². The second-order valence-corrected chi connectivity index (χ2v) is 6.31. The molecule has 1 saturated heterocycles. The second kappa shape index (κ2) is 5.47. The summed E-state index contributed by atoms with van der Waals surface area (Å²) >= 11 is 0.